The highest BCUT2D eigenvalue weighted by Crippen LogP contribution is 2.20. The van der Waals surface area contributed by atoms with Crippen LogP contribution in [0, 0.1) is 0 Å². The standard InChI is InChI=1S/C12H26N4O3S/c1-4-13-12(14-7-9-19-2)15-10-11-6-5-8-16(11)20(3,17)18/h11H,4-10H2,1-3H3,(H2,13,14,15)/t11-/m1/s1. The number of hydrogen-bond acceptors (Lipinski definition) is 4. The van der Waals surface area contributed by atoms with Gasteiger partial charge in [-0.2, -0.15) is 4.31 Å². The van der Waals surface area contributed by atoms with E-state index in [4.69, 9.17) is 4.74 Å². The van der Waals surface area contributed by atoms with Gasteiger partial charge in [0.05, 0.1) is 19.4 Å². The molecule has 20 heavy (non-hydrogen) atoms. The molecule has 0 aromatic heterocycles. The lowest BCUT2D eigenvalue weighted by Crippen LogP contribution is -2.41. The van der Waals surface area contributed by atoms with Crippen molar-refractivity contribution in [3.8, 4) is 0 Å². The fourth-order valence-corrected chi connectivity index (χ4v) is 3.41. The van der Waals surface area contributed by atoms with Gasteiger partial charge in [0, 0.05) is 32.8 Å². The van der Waals surface area contributed by atoms with E-state index in [9.17, 15) is 8.42 Å². The summed E-state index contributed by atoms with van der Waals surface area (Å²) >= 11 is 0. The summed E-state index contributed by atoms with van der Waals surface area (Å²) in [4.78, 5) is 4.46. The number of aliphatic imine (C=N–C) groups is 1. The number of methoxy groups -OCH3 is 1. The number of sulfonamides is 1. The zero-order chi connectivity index (χ0) is 15.0. The van der Waals surface area contributed by atoms with Crippen molar-refractivity contribution in [1.82, 2.24) is 14.9 Å². The van der Waals surface area contributed by atoms with Gasteiger partial charge in [-0.25, -0.2) is 8.42 Å². The Balaban J connectivity index is 2.57. The maximum Gasteiger partial charge on any atom is 0.211 e. The summed E-state index contributed by atoms with van der Waals surface area (Å²) < 4.78 is 29.8. The van der Waals surface area contributed by atoms with Gasteiger partial charge < -0.3 is 15.4 Å². The van der Waals surface area contributed by atoms with Crippen LogP contribution < -0.4 is 10.6 Å². The van der Waals surface area contributed by atoms with Crippen LogP contribution >= 0.6 is 0 Å². The minimum atomic E-state index is -3.13. The SMILES string of the molecule is CCNC(=NC[C@H]1CCCN1S(C)(=O)=O)NCCOC. The average Bonchev–Trinajstić information content (AvgIpc) is 2.84. The molecular formula is C12H26N4O3S. The highest BCUT2D eigenvalue weighted by molar-refractivity contribution is 7.88. The topological polar surface area (TPSA) is 83.0 Å². The molecule has 7 nitrogen and oxygen atoms in total. The molecule has 1 heterocycles. The van der Waals surface area contributed by atoms with Crippen molar-refractivity contribution in [1.29, 1.82) is 0 Å². The van der Waals surface area contributed by atoms with Crippen LogP contribution in [0.3, 0.4) is 0 Å². The summed E-state index contributed by atoms with van der Waals surface area (Å²) in [5.74, 6) is 0.699. The lowest BCUT2D eigenvalue weighted by Gasteiger charge is -2.21. The van der Waals surface area contributed by atoms with Gasteiger partial charge in [-0.05, 0) is 19.8 Å². The first-order valence-electron chi connectivity index (χ1n) is 6.97. The normalized spacial score (nSPS) is 21.1. The van der Waals surface area contributed by atoms with E-state index in [-0.39, 0.29) is 6.04 Å². The molecule has 0 unspecified atom stereocenters. The Morgan fingerprint density at radius 1 is 1.45 bits per heavy atom. The maximum atomic E-state index is 11.7. The summed E-state index contributed by atoms with van der Waals surface area (Å²) in [7, 11) is -1.48. The third-order valence-corrected chi connectivity index (χ3v) is 4.48. The minimum Gasteiger partial charge on any atom is -0.383 e. The van der Waals surface area contributed by atoms with Crippen molar-refractivity contribution >= 4 is 16.0 Å². The van der Waals surface area contributed by atoms with Crippen LogP contribution in [-0.4, -0.2) is 70.9 Å². The van der Waals surface area contributed by atoms with Crippen LogP contribution in [0.1, 0.15) is 19.8 Å². The largest absolute Gasteiger partial charge is 0.383 e. The molecule has 1 rings (SSSR count). The van der Waals surface area contributed by atoms with Crippen molar-refractivity contribution in [2.24, 2.45) is 4.99 Å². The second-order valence-electron chi connectivity index (χ2n) is 4.81. The number of ether oxygens (including phenoxy) is 1. The van der Waals surface area contributed by atoms with Gasteiger partial charge in [0.1, 0.15) is 0 Å². The molecule has 0 amide bonds. The third-order valence-electron chi connectivity index (χ3n) is 3.15. The van der Waals surface area contributed by atoms with Crippen molar-refractivity contribution in [2.45, 2.75) is 25.8 Å². The molecule has 0 radical (unpaired) electrons. The van der Waals surface area contributed by atoms with Crippen LogP contribution in [-0.2, 0) is 14.8 Å². The van der Waals surface area contributed by atoms with Gasteiger partial charge >= 0.3 is 0 Å². The molecule has 1 aliphatic heterocycles. The highest BCUT2D eigenvalue weighted by Gasteiger charge is 2.31. The zero-order valence-corrected chi connectivity index (χ0v) is 13.4. The molecule has 0 bridgehead atoms. The van der Waals surface area contributed by atoms with Crippen molar-refractivity contribution in [2.75, 3.05) is 46.2 Å². The molecule has 1 fully saturated rings. The molecule has 1 aliphatic rings. The van der Waals surface area contributed by atoms with Gasteiger partial charge in [-0.15, -0.1) is 0 Å². The van der Waals surface area contributed by atoms with Gasteiger partial charge in [-0.1, -0.05) is 0 Å². The van der Waals surface area contributed by atoms with Gasteiger partial charge in [0.25, 0.3) is 0 Å². The maximum absolute atomic E-state index is 11.7. The van der Waals surface area contributed by atoms with E-state index in [2.05, 4.69) is 15.6 Å². The van der Waals surface area contributed by atoms with E-state index in [1.807, 2.05) is 6.92 Å². The van der Waals surface area contributed by atoms with E-state index >= 15 is 0 Å². The first-order chi connectivity index (χ1) is 9.49. The molecular weight excluding hydrogens is 280 g/mol. The first kappa shape index (κ1) is 17.2. The molecule has 0 aliphatic carbocycles. The average molecular weight is 306 g/mol. The lowest BCUT2D eigenvalue weighted by molar-refractivity contribution is 0.203. The molecule has 8 heteroatoms. The summed E-state index contributed by atoms with van der Waals surface area (Å²) in [5, 5.41) is 6.28. The third kappa shape index (κ3) is 5.64. The molecule has 118 valence electrons. The van der Waals surface area contributed by atoms with Crippen molar-refractivity contribution < 1.29 is 13.2 Å². The van der Waals surface area contributed by atoms with Gasteiger partial charge in [0.15, 0.2) is 5.96 Å². The van der Waals surface area contributed by atoms with Crippen LogP contribution in [0.2, 0.25) is 0 Å². The summed E-state index contributed by atoms with van der Waals surface area (Å²) in [6.07, 6.45) is 3.03. The minimum absolute atomic E-state index is 0.0251. The molecule has 1 saturated heterocycles. The Morgan fingerprint density at radius 3 is 2.80 bits per heavy atom. The quantitative estimate of drug-likeness (QED) is 0.380. The second-order valence-corrected chi connectivity index (χ2v) is 6.74. The Morgan fingerprint density at radius 2 is 2.20 bits per heavy atom. The fraction of sp³-hybridized carbons (Fsp3) is 0.917. The summed E-state index contributed by atoms with van der Waals surface area (Å²) in [6, 6.07) is -0.0251. The number of rotatable bonds is 7. The van der Waals surface area contributed by atoms with E-state index in [0.29, 0.717) is 32.2 Å². The van der Waals surface area contributed by atoms with Crippen LogP contribution in [0.5, 0.6) is 0 Å². The Kier molecular flexibility index (Phi) is 7.25. The highest BCUT2D eigenvalue weighted by atomic mass is 32.2. The predicted molar refractivity (Wildman–Crippen MR) is 80.4 cm³/mol. The van der Waals surface area contributed by atoms with E-state index < -0.39 is 10.0 Å². The fourth-order valence-electron chi connectivity index (χ4n) is 2.24. The number of hydrogen-bond donors (Lipinski definition) is 2. The zero-order valence-electron chi connectivity index (χ0n) is 12.6. The Bertz CT molecular complexity index is 411. The predicted octanol–water partition coefficient (Wildman–Crippen LogP) is -0.388. The molecule has 2 N–H and O–H groups in total. The summed E-state index contributed by atoms with van der Waals surface area (Å²) in [6.45, 7) is 5.11. The first-order valence-corrected chi connectivity index (χ1v) is 8.81. The van der Waals surface area contributed by atoms with Gasteiger partial charge in [-0.3, -0.25) is 4.99 Å². The van der Waals surface area contributed by atoms with Gasteiger partial charge in [0.2, 0.25) is 10.0 Å². The number of guanidine groups is 1. The van der Waals surface area contributed by atoms with E-state index in [1.54, 1.807) is 11.4 Å². The van der Waals surface area contributed by atoms with Crippen LogP contribution in [0.4, 0.5) is 0 Å². The van der Waals surface area contributed by atoms with E-state index in [0.717, 1.165) is 19.4 Å². The lowest BCUT2D eigenvalue weighted by atomic mass is 10.2. The number of nitrogens with zero attached hydrogens (tertiary/aromatic N) is 2. The smallest absolute Gasteiger partial charge is 0.211 e. The van der Waals surface area contributed by atoms with Crippen LogP contribution in [0.15, 0.2) is 4.99 Å². The monoisotopic (exact) mass is 306 g/mol. The Labute approximate surface area is 121 Å². The van der Waals surface area contributed by atoms with Crippen molar-refractivity contribution in [3.05, 3.63) is 0 Å². The van der Waals surface area contributed by atoms with E-state index in [1.165, 1.54) is 6.26 Å². The number of nitrogens with one attached hydrogen (secondary N) is 2. The molecule has 1 atom stereocenters. The molecule has 0 saturated carbocycles. The summed E-state index contributed by atoms with van der Waals surface area (Å²) in [5.41, 5.74) is 0. The Hall–Kier alpha value is -0.860. The molecule has 0 aromatic carbocycles. The molecule has 0 spiro atoms. The van der Waals surface area contributed by atoms with Crippen molar-refractivity contribution in [3.63, 3.8) is 0 Å². The molecule has 0 aromatic rings. The second kappa shape index (κ2) is 8.43. The van der Waals surface area contributed by atoms with Crippen LogP contribution in [0.25, 0.3) is 0 Å².